The first-order chi connectivity index (χ1) is 14.4. The lowest BCUT2D eigenvalue weighted by Crippen LogP contribution is -2.34. The maximum atomic E-state index is 12.2. The van der Waals surface area contributed by atoms with Crippen molar-refractivity contribution in [2.24, 2.45) is 0 Å². The first kappa shape index (κ1) is 22.6. The van der Waals surface area contributed by atoms with E-state index in [-0.39, 0.29) is 32.9 Å². The molecular weight excluding hydrogens is 396 g/mol. The second-order valence-corrected chi connectivity index (χ2v) is 5.91. The summed E-state index contributed by atoms with van der Waals surface area (Å²) < 4.78 is 14.5. The van der Waals surface area contributed by atoms with Gasteiger partial charge in [-0.05, 0) is 26.0 Å². The van der Waals surface area contributed by atoms with E-state index in [9.17, 15) is 24.0 Å². The topological polar surface area (TPSA) is 128 Å². The summed E-state index contributed by atoms with van der Waals surface area (Å²) in [6.07, 6.45) is 1.02. The number of imide groups is 1. The van der Waals surface area contributed by atoms with Crippen LogP contribution in [0.25, 0.3) is 0 Å². The Morgan fingerprint density at radius 2 is 1.47 bits per heavy atom. The van der Waals surface area contributed by atoms with Crippen molar-refractivity contribution >= 4 is 29.7 Å². The van der Waals surface area contributed by atoms with E-state index in [2.05, 4.69) is 5.32 Å². The van der Waals surface area contributed by atoms with E-state index >= 15 is 0 Å². The molecule has 10 nitrogen and oxygen atoms in total. The molecule has 0 aliphatic carbocycles. The third-order valence-electron chi connectivity index (χ3n) is 3.94. The Morgan fingerprint density at radius 3 is 1.97 bits per heavy atom. The van der Waals surface area contributed by atoms with Crippen LogP contribution in [0.4, 0.5) is 0 Å². The number of benzene rings is 1. The predicted octanol–water partition coefficient (Wildman–Crippen LogP) is 0.426. The molecule has 1 heterocycles. The van der Waals surface area contributed by atoms with Crippen LogP contribution >= 0.6 is 0 Å². The second-order valence-electron chi connectivity index (χ2n) is 5.91. The monoisotopic (exact) mass is 418 g/mol. The standard InChI is InChI=1S/C20H22N2O8/c1-3-28-19(26)15(20(27)29-4-2)11-21-12-16(23)30-10-9-22-17(24)13-7-5-6-8-14(13)18(22)25/h5-8,11,21H,3-4,9-10,12H2,1-2H3. The van der Waals surface area contributed by atoms with E-state index in [1.165, 1.54) is 0 Å². The van der Waals surface area contributed by atoms with Gasteiger partial charge < -0.3 is 19.5 Å². The zero-order valence-corrected chi connectivity index (χ0v) is 16.6. The molecule has 0 unspecified atom stereocenters. The zero-order chi connectivity index (χ0) is 22.1. The van der Waals surface area contributed by atoms with Crippen LogP contribution in [0.2, 0.25) is 0 Å². The lowest BCUT2D eigenvalue weighted by molar-refractivity contribution is -0.147. The first-order valence-electron chi connectivity index (χ1n) is 9.29. The predicted molar refractivity (Wildman–Crippen MR) is 102 cm³/mol. The molecule has 0 atom stereocenters. The van der Waals surface area contributed by atoms with Crippen molar-refractivity contribution in [1.29, 1.82) is 0 Å². The largest absolute Gasteiger partial charge is 0.462 e. The fourth-order valence-electron chi connectivity index (χ4n) is 2.60. The van der Waals surface area contributed by atoms with E-state index in [0.29, 0.717) is 11.1 Å². The maximum absolute atomic E-state index is 12.2. The van der Waals surface area contributed by atoms with Gasteiger partial charge in [0.1, 0.15) is 13.2 Å². The Hall–Kier alpha value is -3.69. The average Bonchev–Trinajstić information content (AvgIpc) is 2.96. The summed E-state index contributed by atoms with van der Waals surface area (Å²) in [5.74, 6) is -3.37. The molecule has 0 bridgehead atoms. The van der Waals surface area contributed by atoms with Crippen molar-refractivity contribution in [2.45, 2.75) is 13.8 Å². The molecule has 0 aromatic heterocycles. The van der Waals surface area contributed by atoms with Crippen LogP contribution < -0.4 is 5.32 Å². The average molecular weight is 418 g/mol. The van der Waals surface area contributed by atoms with Gasteiger partial charge in [0.05, 0.1) is 30.9 Å². The van der Waals surface area contributed by atoms with Gasteiger partial charge in [0.25, 0.3) is 11.8 Å². The van der Waals surface area contributed by atoms with Crippen molar-refractivity contribution < 1.29 is 38.2 Å². The van der Waals surface area contributed by atoms with E-state index in [1.807, 2.05) is 0 Å². The van der Waals surface area contributed by atoms with Gasteiger partial charge in [0.15, 0.2) is 5.57 Å². The number of hydrogen-bond donors (Lipinski definition) is 1. The van der Waals surface area contributed by atoms with E-state index in [1.54, 1.807) is 38.1 Å². The summed E-state index contributed by atoms with van der Waals surface area (Å²) in [6, 6.07) is 6.44. The van der Waals surface area contributed by atoms with Gasteiger partial charge in [-0.3, -0.25) is 19.3 Å². The summed E-state index contributed by atoms with van der Waals surface area (Å²) in [5, 5.41) is 2.49. The number of ether oxygens (including phenoxy) is 3. The number of nitrogens with one attached hydrogen (secondary N) is 1. The molecule has 0 fully saturated rings. The number of fused-ring (bicyclic) bond motifs is 1. The van der Waals surface area contributed by atoms with Crippen molar-refractivity contribution in [3.8, 4) is 0 Å². The highest BCUT2D eigenvalue weighted by atomic mass is 16.6. The molecule has 0 radical (unpaired) electrons. The normalized spacial score (nSPS) is 12.1. The highest BCUT2D eigenvalue weighted by Crippen LogP contribution is 2.21. The minimum atomic E-state index is -0.887. The SMILES string of the molecule is CCOC(=O)C(=CNCC(=O)OCCN1C(=O)c2ccccc2C1=O)C(=O)OCC. The van der Waals surface area contributed by atoms with E-state index in [4.69, 9.17) is 14.2 Å². The molecule has 1 aromatic rings. The van der Waals surface area contributed by atoms with Gasteiger partial charge >= 0.3 is 17.9 Å². The molecule has 10 heteroatoms. The molecule has 1 N–H and O–H groups in total. The molecule has 0 saturated carbocycles. The maximum Gasteiger partial charge on any atom is 0.347 e. The summed E-state index contributed by atoms with van der Waals surface area (Å²) >= 11 is 0. The molecule has 30 heavy (non-hydrogen) atoms. The Morgan fingerprint density at radius 1 is 0.933 bits per heavy atom. The Balaban J connectivity index is 1.82. The van der Waals surface area contributed by atoms with Crippen molar-refractivity contribution in [2.75, 3.05) is 32.9 Å². The lowest BCUT2D eigenvalue weighted by atomic mass is 10.1. The molecule has 1 aromatic carbocycles. The molecule has 1 aliphatic heterocycles. The van der Waals surface area contributed by atoms with Gasteiger partial charge in [0, 0.05) is 6.20 Å². The zero-order valence-electron chi connectivity index (χ0n) is 16.6. The number of nitrogens with zero attached hydrogens (tertiary/aromatic N) is 1. The highest BCUT2D eigenvalue weighted by Gasteiger charge is 2.34. The molecule has 2 amide bonds. The van der Waals surface area contributed by atoms with Crippen LogP contribution in [-0.2, 0) is 28.6 Å². The van der Waals surface area contributed by atoms with Crippen LogP contribution in [0.15, 0.2) is 36.0 Å². The number of carbonyl (C=O) groups is 5. The molecule has 2 rings (SSSR count). The molecule has 1 aliphatic rings. The smallest absolute Gasteiger partial charge is 0.347 e. The van der Waals surface area contributed by atoms with Crippen molar-refractivity contribution in [3.63, 3.8) is 0 Å². The lowest BCUT2D eigenvalue weighted by Gasteiger charge is -2.13. The van der Waals surface area contributed by atoms with Crippen LogP contribution in [0.3, 0.4) is 0 Å². The fourth-order valence-corrected chi connectivity index (χ4v) is 2.60. The number of esters is 3. The van der Waals surface area contributed by atoms with E-state index in [0.717, 1.165) is 11.1 Å². The Kier molecular flexibility index (Phi) is 8.09. The summed E-state index contributed by atoms with van der Waals surface area (Å²) in [6.45, 7) is 2.65. The van der Waals surface area contributed by atoms with Crippen LogP contribution in [0, 0.1) is 0 Å². The minimum Gasteiger partial charge on any atom is -0.462 e. The number of carbonyl (C=O) groups excluding carboxylic acids is 5. The van der Waals surface area contributed by atoms with Crippen LogP contribution in [0.5, 0.6) is 0 Å². The Bertz CT molecular complexity index is 822. The summed E-state index contributed by atoms with van der Waals surface area (Å²) in [5.41, 5.74) is 0.231. The fraction of sp³-hybridized carbons (Fsp3) is 0.350. The molecule has 0 saturated heterocycles. The highest BCUT2D eigenvalue weighted by molar-refractivity contribution is 6.21. The summed E-state index contributed by atoms with van der Waals surface area (Å²) in [7, 11) is 0. The van der Waals surface area contributed by atoms with Gasteiger partial charge in [0.2, 0.25) is 0 Å². The summed E-state index contributed by atoms with van der Waals surface area (Å²) in [4.78, 5) is 60.9. The molecule has 160 valence electrons. The number of rotatable bonds is 10. The molecular formula is C20H22N2O8. The van der Waals surface area contributed by atoms with Gasteiger partial charge in [-0.1, -0.05) is 12.1 Å². The van der Waals surface area contributed by atoms with Crippen molar-refractivity contribution in [3.05, 3.63) is 47.2 Å². The van der Waals surface area contributed by atoms with Gasteiger partial charge in [-0.25, -0.2) is 9.59 Å². The van der Waals surface area contributed by atoms with Gasteiger partial charge in [-0.15, -0.1) is 0 Å². The third-order valence-corrected chi connectivity index (χ3v) is 3.94. The number of amides is 2. The van der Waals surface area contributed by atoms with Crippen molar-refractivity contribution in [1.82, 2.24) is 10.2 Å². The van der Waals surface area contributed by atoms with Crippen LogP contribution in [0.1, 0.15) is 34.6 Å². The molecule has 0 spiro atoms. The second kappa shape index (κ2) is 10.7. The van der Waals surface area contributed by atoms with E-state index < -0.39 is 35.3 Å². The van der Waals surface area contributed by atoms with Gasteiger partial charge in [-0.2, -0.15) is 0 Å². The number of hydrogen-bond acceptors (Lipinski definition) is 9. The quantitative estimate of drug-likeness (QED) is 0.144. The van der Waals surface area contributed by atoms with Crippen LogP contribution in [-0.4, -0.2) is 67.5 Å². The third kappa shape index (κ3) is 5.43. The Labute approximate surface area is 172 Å². The first-order valence-corrected chi connectivity index (χ1v) is 9.29. The minimum absolute atomic E-state index is 0.0649.